The maximum Gasteiger partial charge on any atom is 0.267 e. The molecule has 2 saturated heterocycles. The Morgan fingerprint density at radius 2 is 1.85 bits per heavy atom. The van der Waals surface area contributed by atoms with Gasteiger partial charge in [-0.05, 0) is 36.6 Å². The van der Waals surface area contributed by atoms with Crippen molar-refractivity contribution in [1.82, 2.24) is 14.7 Å². The molecule has 0 unspecified atom stereocenters. The molecule has 3 aliphatic heterocycles. The van der Waals surface area contributed by atoms with Crippen molar-refractivity contribution in [1.29, 1.82) is 0 Å². The molecule has 3 aliphatic rings. The van der Waals surface area contributed by atoms with E-state index in [1.165, 1.54) is 21.9 Å². The third-order valence-electron chi connectivity index (χ3n) is 7.35. The summed E-state index contributed by atoms with van der Waals surface area (Å²) in [6, 6.07) is 18.0. The van der Waals surface area contributed by atoms with Crippen LogP contribution in [-0.2, 0) is 22.5 Å². The van der Waals surface area contributed by atoms with Crippen LogP contribution in [0.2, 0.25) is 0 Å². The van der Waals surface area contributed by atoms with E-state index in [2.05, 4.69) is 22.1 Å². The fraction of sp³-hybridized carbons (Fsp3) is 0.370. The highest BCUT2D eigenvalue weighted by Gasteiger charge is 2.38. The zero-order chi connectivity index (χ0) is 23.2. The summed E-state index contributed by atoms with van der Waals surface area (Å²) in [6.45, 7) is 6.42. The molecular weight excluding hydrogens is 428 g/mol. The van der Waals surface area contributed by atoms with Crippen molar-refractivity contribution in [3.63, 3.8) is 0 Å². The minimum Gasteiger partial charge on any atom is -0.378 e. The van der Waals surface area contributed by atoms with E-state index in [1.807, 2.05) is 42.2 Å². The van der Waals surface area contributed by atoms with Gasteiger partial charge in [-0.3, -0.25) is 14.5 Å². The van der Waals surface area contributed by atoms with Gasteiger partial charge in [-0.25, -0.2) is 4.68 Å². The number of aromatic nitrogens is 2. The Morgan fingerprint density at radius 3 is 2.59 bits per heavy atom. The van der Waals surface area contributed by atoms with Crippen LogP contribution in [-0.4, -0.2) is 59.5 Å². The Bertz CT molecular complexity index is 1290. The summed E-state index contributed by atoms with van der Waals surface area (Å²) in [4.78, 5) is 30.1. The van der Waals surface area contributed by atoms with Crippen LogP contribution in [0.5, 0.6) is 0 Å². The first-order valence-electron chi connectivity index (χ1n) is 12.0. The number of carbonyl (C=O) groups excluding carboxylic acids is 1. The molecule has 0 spiro atoms. The molecule has 1 amide bonds. The Hall–Kier alpha value is -3.29. The van der Waals surface area contributed by atoms with E-state index < -0.39 is 0 Å². The summed E-state index contributed by atoms with van der Waals surface area (Å²) in [6.07, 6.45) is 0.853. The number of anilines is 1. The molecule has 7 heteroatoms. The SMILES string of the molecule is Cc1ccc(-c2ccc(=O)n(CC(=O)N3CCc4c(C5CN(C6COC6)C5)cccc43)n2)cc1. The molecule has 0 saturated carbocycles. The number of aryl methyl sites for hydroxylation is 1. The molecule has 6 rings (SSSR count). The number of ether oxygens (including phenoxy) is 1. The van der Waals surface area contributed by atoms with Crippen LogP contribution in [0.1, 0.15) is 22.6 Å². The lowest BCUT2D eigenvalue weighted by Gasteiger charge is -2.48. The Morgan fingerprint density at radius 1 is 1.06 bits per heavy atom. The van der Waals surface area contributed by atoms with E-state index in [0.29, 0.717) is 24.2 Å². The lowest BCUT2D eigenvalue weighted by atomic mass is 9.86. The summed E-state index contributed by atoms with van der Waals surface area (Å²) < 4.78 is 6.61. The van der Waals surface area contributed by atoms with Crippen LogP contribution in [0, 0.1) is 6.92 Å². The van der Waals surface area contributed by atoms with Gasteiger partial charge in [-0.2, -0.15) is 5.10 Å². The number of amides is 1. The largest absolute Gasteiger partial charge is 0.378 e. The second-order valence-electron chi connectivity index (χ2n) is 9.56. The highest BCUT2D eigenvalue weighted by molar-refractivity contribution is 5.95. The number of nitrogens with zero attached hydrogens (tertiary/aromatic N) is 4. The number of hydrogen-bond acceptors (Lipinski definition) is 5. The second kappa shape index (κ2) is 8.49. The molecule has 7 nitrogen and oxygen atoms in total. The van der Waals surface area contributed by atoms with E-state index >= 15 is 0 Å². The van der Waals surface area contributed by atoms with Crippen LogP contribution < -0.4 is 10.5 Å². The topological polar surface area (TPSA) is 67.7 Å². The molecule has 0 N–H and O–H groups in total. The van der Waals surface area contributed by atoms with Crippen LogP contribution >= 0.6 is 0 Å². The maximum absolute atomic E-state index is 13.3. The summed E-state index contributed by atoms with van der Waals surface area (Å²) in [5.74, 6) is 0.412. The first-order valence-corrected chi connectivity index (χ1v) is 12.0. The van der Waals surface area contributed by atoms with E-state index in [-0.39, 0.29) is 18.0 Å². The molecule has 34 heavy (non-hydrogen) atoms. The molecule has 174 valence electrons. The van der Waals surface area contributed by atoms with Crippen LogP contribution in [0.4, 0.5) is 5.69 Å². The normalized spacial score (nSPS) is 18.4. The van der Waals surface area contributed by atoms with Gasteiger partial charge in [0.1, 0.15) is 6.54 Å². The van der Waals surface area contributed by atoms with Crippen LogP contribution in [0.3, 0.4) is 0 Å². The highest BCUT2D eigenvalue weighted by atomic mass is 16.5. The van der Waals surface area contributed by atoms with Crippen molar-refractivity contribution < 1.29 is 9.53 Å². The van der Waals surface area contributed by atoms with Gasteiger partial charge in [0.05, 0.1) is 24.9 Å². The fourth-order valence-corrected chi connectivity index (χ4v) is 5.20. The van der Waals surface area contributed by atoms with E-state index in [0.717, 1.165) is 49.5 Å². The number of likely N-dealkylation sites (tertiary alicyclic amines) is 1. The smallest absolute Gasteiger partial charge is 0.267 e. The summed E-state index contributed by atoms with van der Waals surface area (Å²) in [7, 11) is 0. The number of fused-ring (bicyclic) bond motifs is 1. The van der Waals surface area contributed by atoms with Gasteiger partial charge in [-0.1, -0.05) is 42.0 Å². The van der Waals surface area contributed by atoms with Gasteiger partial charge in [0.15, 0.2) is 0 Å². The van der Waals surface area contributed by atoms with Crippen LogP contribution in [0.25, 0.3) is 11.3 Å². The molecule has 0 aliphatic carbocycles. The molecule has 2 fully saturated rings. The van der Waals surface area contributed by atoms with Gasteiger partial charge in [-0.15, -0.1) is 0 Å². The number of benzene rings is 2. The standard InChI is InChI=1S/C27H28N4O3/c1-18-5-7-19(8-6-18)24-9-10-26(32)31(28-24)15-27(33)30-12-11-23-22(3-2-4-25(23)30)20-13-29(14-20)21-16-34-17-21/h2-10,20-21H,11-17H2,1H3. The molecule has 0 radical (unpaired) electrons. The highest BCUT2D eigenvalue weighted by Crippen LogP contribution is 2.39. The summed E-state index contributed by atoms with van der Waals surface area (Å²) in [5.41, 5.74) is 6.11. The third-order valence-corrected chi connectivity index (χ3v) is 7.35. The average molecular weight is 457 g/mol. The number of carbonyl (C=O) groups is 1. The molecule has 3 aromatic rings. The van der Waals surface area contributed by atoms with Crippen molar-refractivity contribution in [2.75, 3.05) is 37.7 Å². The van der Waals surface area contributed by atoms with E-state index in [1.54, 1.807) is 6.07 Å². The minimum atomic E-state index is -0.271. The predicted molar refractivity (Wildman–Crippen MR) is 130 cm³/mol. The van der Waals surface area contributed by atoms with Crippen molar-refractivity contribution >= 4 is 11.6 Å². The molecule has 2 aromatic carbocycles. The lowest BCUT2D eigenvalue weighted by Crippen LogP contribution is -2.58. The van der Waals surface area contributed by atoms with Crippen molar-refractivity contribution in [3.8, 4) is 11.3 Å². The van der Waals surface area contributed by atoms with Crippen molar-refractivity contribution in [3.05, 3.63) is 81.6 Å². The quantitative estimate of drug-likeness (QED) is 0.591. The Balaban J connectivity index is 1.20. The first kappa shape index (κ1) is 21.3. The predicted octanol–water partition coefficient (Wildman–Crippen LogP) is 2.61. The first-order chi connectivity index (χ1) is 16.6. The molecule has 4 heterocycles. The van der Waals surface area contributed by atoms with Gasteiger partial charge < -0.3 is 9.64 Å². The molecule has 0 atom stereocenters. The van der Waals surface area contributed by atoms with E-state index in [4.69, 9.17) is 4.74 Å². The number of rotatable bonds is 5. The zero-order valence-electron chi connectivity index (χ0n) is 19.3. The van der Waals surface area contributed by atoms with Gasteiger partial charge >= 0.3 is 0 Å². The van der Waals surface area contributed by atoms with Crippen molar-refractivity contribution in [2.24, 2.45) is 0 Å². The number of hydrogen-bond donors (Lipinski definition) is 0. The minimum absolute atomic E-state index is 0.0684. The summed E-state index contributed by atoms with van der Waals surface area (Å²) >= 11 is 0. The van der Waals surface area contributed by atoms with Gasteiger partial charge in [0, 0.05) is 42.9 Å². The fourth-order valence-electron chi connectivity index (χ4n) is 5.20. The molecule has 1 aromatic heterocycles. The van der Waals surface area contributed by atoms with Gasteiger partial charge in [0.2, 0.25) is 5.91 Å². The second-order valence-corrected chi connectivity index (χ2v) is 9.56. The van der Waals surface area contributed by atoms with E-state index in [9.17, 15) is 9.59 Å². The Kier molecular flexibility index (Phi) is 5.31. The third kappa shape index (κ3) is 3.75. The average Bonchev–Trinajstić information content (AvgIpc) is 3.21. The maximum atomic E-state index is 13.3. The van der Waals surface area contributed by atoms with Crippen LogP contribution in [0.15, 0.2) is 59.4 Å². The molecular formula is C27H28N4O3. The van der Waals surface area contributed by atoms with Crippen molar-refractivity contribution in [2.45, 2.75) is 31.8 Å². The monoisotopic (exact) mass is 456 g/mol. The molecule has 0 bridgehead atoms. The lowest BCUT2D eigenvalue weighted by molar-refractivity contribution is -0.119. The zero-order valence-corrected chi connectivity index (χ0v) is 19.3. The Labute approximate surface area is 198 Å². The summed E-state index contributed by atoms with van der Waals surface area (Å²) in [5, 5.41) is 4.49. The van der Waals surface area contributed by atoms with Gasteiger partial charge in [0.25, 0.3) is 5.56 Å².